The third-order valence-corrected chi connectivity index (χ3v) is 15.3. The third kappa shape index (κ3) is 6.28. The molecule has 3 N–H and O–H groups in total. The second kappa shape index (κ2) is 15.8. The van der Waals surface area contributed by atoms with E-state index >= 15 is 4.79 Å². The Morgan fingerprint density at radius 2 is 1.80 bits per heavy atom. The molecular weight excluding hydrogens is 765 g/mol. The molecule has 1 spiro atoms. The topological polar surface area (TPSA) is 154 Å². The summed E-state index contributed by atoms with van der Waals surface area (Å²) >= 11 is 0. The molecule has 3 unspecified atom stereocenters. The molecule has 3 aromatic rings. The summed E-state index contributed by atoms with van der Waals surface area (Å²) in [5, 5.41) is 24.6. The van der Waals surface area contributed by atoms with Gasteiger partial charge in [-0.2, -0.15) is 0 Å². The highest BCUT2D eigenvalue weighted by molar-refractivity contribution is 5.94. The van der Waals surface area contributed by atoms with Gasteiger partial charge in [0.15, 0.2) is 0 Å². The van der Waals surface area contributed by atoms with E-state index in [0.29, 0.717) is 69.5 Å². The molecule has 324 valence electrons. The van der Waals surface area contributed by atoms with Crippen LogP contribution in [0.3, 0.4) is 0 Å². The van der Waals surface area contributed by atoms with Crippen LogP contribution in [0, 0.1) is 11.3 Å². The lowest BCUT2D eigenvalue weighted by molar-refractivity contribution is -0.162. The van der Waals surface area contributed by atoms with Gasteiger partial charge in [0.25, 0.3) is 0 Å². The van der Waals surface area contributed by atoms with Crippen molar-refractivity contribution in [2.24, 2.45) is 11.3 Å². The van der Waals surface area contributed by atoms with Crippen molar-refractivity contribution in [1.82, 2.24) is 14.8 Å². The Kier molecular flexibility index (Phi) is 11.1. The Labute approximate surface area is 353 Å². The molecule has 9 atom stereocenters. The molecule has 60 heavy (non-hydrogen) atoms. The number of H-pyrrole nitrogens is 1. The summed E-state index contributed by atoms with van der Waals surface area (Å²) in [6.45, 7) is 8.62. The number of anilines is 1. The maximum Gasteiger partial charge on any atom is 0.322 e. The number of esters is 3. The minimum atomic E-state index is -1.40. The first-order valence-electron chi connectivity index (χ1n) is 21.6. The highest BCUT2D eigenvalue weighted by atomic mass is 16.6. The fourth-order valence-electron chi connectivity index (χ4n) is 12.8. The van der Waals surface area contributed by atoms with E-state index in [-0.39, 0.29) is 25.0 Å². The number of aliphatic hydroxyl groups excluding tert-OH is 1. The van der Waals surface area contributed by atoms with Crippen LogP contribution in [-0.4, -0.2) is 134 Å². The summed E-state index contributed by atoms with van der Waals surface area (Å²) in [5.41, 5.74) is 1.28. The third-order valence-electron chi connectivity index (χ3n) is 15.3. The zero-order valence-electron chi connectivity index (χ0n) is 36.2. The number of rotatable bonds is 10. The van der Waals surface area contributed by atoms with Gasteiger partial charge >= 0.3 is 17.9 Å². The number of hydrogen-bond donors (Lipinski definition) is 3. The summed E-state index contributed by atoms with van der Waals surface area (Å²) < 4.78 is 23.6. The minimum Gasteiger partial charge on any atom is -0.496 e. The van der Waals surface area contributed by atoms with Gasteiger partial charge in [-0.05, 0) is 74.2 Å². The molecular formula is C47H62N4O9. The van der Waals surface area contributed by atoms with Gasteiger partial charge in [0.2, 0.25) is 0 Å². The van der Waals surface area contributed by atoms with Crippen molar-refractivity contribution in [1.29, 1.82) is 0 Å². The Morgan fingerprint density at radius 1 is 1.02 bits per heavy atom. The molecule has 5 aliphatic rings. The number of nitrogens with one attached hydrogen (secondary N) is 1. The fourth-order valence-corrected chi connectivity index (χ4v) is 12.8. The molecule has 0 radical (unpaired) electrons. The number of ether oxygens (including phenoxy) is 4. The van der Waals surface area contributed by atoms with Crippen molar-refractivity contribution in [2.45, 2.75) is 100 Å². The van der Waals surface area contributed by atoms with E-state index in [4.69, 9.17) is 18.9 Å². The van der Waals surface area contributed by atoms with Crippen LogP contribution in [0.25, 0.3) is 10.9 Å². The number of aliphatic hydroxyl groups is 2. The number of aromatic amines is 1. The van der Waals surface area contributed by atoms with Crippen LogP contribution in [0.1, 0.15) is 81.7 Å². The highest BCUT2D eigenvalue weighted by Crippen LogP contribution is 2.62. The van der Waals surface area contributed by atoms with Crippen molar-refractivity contribution in [2.75, 3.05) is 72.6 Å². The van der Waals surface area contributed by atoms with Crippen LogP contribution < -0.4 is 9.64 Å². The van der Waals surface area contributed by atoms with Gasteiger partial charge in [-0.1, -0.05) is 44.2 Å². The second-order valence-corrected chi connectivity index (χ2v) is 18.1. The molecule has 2 fully saturated rings. The number of methoxy groups -OCH3 is 3. The monoisotopic (exact) mass is 826 g/mol. The predicted octanol–water partition coefficient (Wildman–Crippen LogP) is 4.63. The van der Waals surface area contributed by atoms with Crippen molar-refractivity contribution in [3.63, 3.8) is 0 Å². The molecule has 2 aromatic carbocycles. The van der Waals surface area contributed by atoms with Crippen molar-refractivity contribution in [3.05, 3.63) is 70.9 Å². The van der Waals surface area contributed by atoms with Crippen LogP contribution in [0.2, 0.25) is 0 Å². The number of nitrogens with zero attached hydrogens (tertiary/aromatic N) is 3. The number of fused-ring (bicyclic) bond motifs is 9. The van der Waals surface area contributed by atoms with Crippen molar-refractivity contribution in [3.8, 4) is 5.75 Å². The van der Waals surface area contributed by atoms with Crippen LogP contribution in [0.15, 0.2) is 48.6 Å². The van der Waals surface area contributed by atoms with E-state index in [9.17, 15) is 19.8 Å². The predicted molar refractivity (Wildman–Crippen MR) is 227 cm³/mol. The van der Waals surface area contributed by atoms with Gasteiger partial charge in [0.05, 0.1) is 46.0 Å². The molecule has 2 saturated heterocycles. The first-order chi connectivity index (χ1) is 28.8. The van der Waals surface area contributed by atoms with Gasteiger partial charge < -0.3 is 39.0 Å². The number of benzene rings is 2. The zero-order chi connectivity index (χ0) is 42.8. The summed E-state index contributed by atoms with van der Waals surface area (Å²) in [5.74, 6) is -0.954. The second-order valence-electron chi connectivity index (χ2n) is 18.1. The number of carbonyl (C=O) groups excluding carboxylic acids is 3. The van der Waals surface area contributed by atoms with Gasteiger partial charge in [-0.3, -0.25) is 24.2 Å². The number of para-hydroxylation sites is 1. The van der Waals surface area contributed by atoms with E-state index in [2.05, 4.69) is 50.9 Å². The van der Waals surface area contributed by atoms with Crippen LogP contribution in [-0.2, 0) is 45.8 Å². The SMILES string of the molecule is CCC1([C@H](CC(=O)OC)OC(C)=O)C=CCN2CC[C@@]3(c4cc([C@@]5(C(=O)OC)C[C@@H]6CN(CCc7c5[nH]c5ccccc75)C[C@](O)(CC)C6)c(OC)cc4N(C)[C@H]3CO)C21. The summed E-state index contributed by atoms with van der Waals surface area (Å²) in [6, 6.07) is 11.6. The van der Waals surface area contributed by atoms with Crippen molar-refractivity contribution < 1.29 is 43.5 Å². The normalized spacial score (nSPS) is 32.6. The van der Waals surface area contributed by atoms with E-state index in [1.807, 2.05) is 38.2 Å². The van der Waals surface area contributed by atoms with Gasteiger partial charge in [0, 0.05) is 90.9 Å². The largest absolute Gasteiger partial charge is 0.496 e. The standard InChI is InChI=1S/C47H62N4O9/c1-8-44(56)24-30-25-47(43(55)59-7,41-32(15-19-50(26-30)28-44)31-13-10-11-14-35(31)48-41)34-21-33-36(22-37(34)57-5)49(4)38(27-52)46(33)17-20-51-18-12-16-45(9-2,42(46)51)39(60-29(3)53)23-40(54)58-6/h10-14,16,21-22,30,38-39,42,48,52,56H,8-9,15,17-20,23-28H2,1-7H3/t30-,38+,39+,42?,44+,45?,46+,47+/m1/s1. The first kappa shape index (κ1) is 42.3. The first-order valence-corrected chi connectivity index (χ1v) is 21.6. The Balaban J connectivity index is 1.42. The van der Waals surface area contributed by atoms with E-state index < -0.39 is 51.9 Å². The molecule has 0 saturated carbocycles. The van der Waals surface area contributed by atoms with Gasteiger partial charge in [0.1, 0.15) is 17.3 Å². The number of likely N-dealkylation sites (N-methyl/N-ethyl adjacent to an activating group) is 1. The average molecular weight is 827 g/mol. The molecule has 8 rings (SSSR count). The fraction of sp³-hybridized carbons (Fsp3) is 0.596. The molecule has 13 nitrogen and oxygen atoms in total. The Morgan fingerprint density at radius 3 is 2.48 bits per heavy atom. The lowest BCUT2D eigenvalue weighted by Gasteiger charge is -2.54. The number of hydrogen-bond acceptors (Lipinski definition) is 12. The molecule has 13 heteroatoms. The molecule has 5 aliphatic heterocycles. The van der Waals surface area contributed by atoms with E-state index in [1.54, 1.807) is 7.11 Å². The average Bonchev–Trinajstić information content (AvgIpc) is 3.90. The van der Waals surface area contributed by atoms with Crippen molar-refractivity contribution >= 4 is 34.5 Å². The number of aromatic nitrogens is 1. The zero-order valence-corrected chi connectivity index (χ0v) is 36.2. The Bertz CT molecular complexity index is 2190. The van der Waals surface area contributed by atoms with Crippen LogP contribution in [0.4, 0.5) is 5.69 Å². The van der Waals surface area contributed by atoms with Gasteiger partial charge in [-0.25, -0.2) is 0 Å². The van der Waals surface area contributed by atoms with E-state index in [0.717, 1.165) is 46.5 Å². The lowest BCUT2D eigenvalue weighted by Crippen LogP contribution is -2.64. The molecule has 0 amide bonds. The number of carbonyl (C=O) groups is 3. The molecule has 2 bridgehead atoms. The van der Waals surface area contributed by atoms with Crippen LogP contribution in [0.5, 0.6) is 5.75 Å². The molecule has 0 aliphatic carbocycles. The molecule has 1 aromatic heterocycles. The van der Waals surface area contributed by atoms with Crippen LogP contribution >= 0.6 is 0 Å². The smallest absolute Gasteiger partial charge is 0.322 e. The Hall–Kier alpha value is -4.43. The highest BCUT2D eigenvalue weighted by Gasteiger charge is 2.67. The minimum absolute atomic E-state index is 0.0825. The molecule has 6 heterocycles. The van der Waals surface area contributed by atoms with E-state index in [1.165, 1.54) is 21.1 Å². The maximum absolute atomic E-state index is 15.3. The summed E-state index contributed by atoms with van der Waals surface area (Å²) in [6.07, 6.45) is 6.56. The number of piperidine rings is 1. The summed E-state index contributed by atoms with van der Waals surface area (Å²) in [4.78, 5) is 51.9. The van der Waals surface area contributed by atoms with Gasteiger partial charge in [-0.15, -0.1) is 0 Å². The maximum atomic E-state index is 15.3. The lowest BCUT2D eigenvalue weighted by atomic mass is 9.57. The quantitative estimate of drug-likeness (QED) is 0.149. The summed E-state index contributed by atoms with van der Waals surface area (Å²) in [7, 11) is 6.41.